The summed E-state index contributed by atoms with van der Waals surface area (Å²) in [6, 6.07) is 9.97. The van der Waals surface area contributed by atoms with Gasteiger partial charge in [0.05, 0.1) is 24.3 Å². The first-order valence-corrected chi connectivity index (χ1v) is 9.74. The van der Waals surface area contributed by atoms with E-state index < -0.39 is 5.54 Å². The van der Waals surface area contributed by atoms with Gasteiger partial charge in [-0.1, -0.05) is 30.3 Å². The van der Waals surface area contributed by atoms with E-state index in [0.717, 1.165) is 40.6 Å². The Morgan fingerprint density at radius 1 is 1.26 bits per heavy atom. The van der Waals surface area contributed by atoms with E-state index in [2.05, 4.69) is 10.3 Å². The average Bonchev–Trinajstić information content (AvgIpc) is 3.05. The van der Waals surface area contributed by atoms with Crippen molar-refractivity contribution < 1.29 is 9.90 Å². The minimum absolute atomic E-state index is 0.00559. The van der Waals surface area contributed by atoms with Gasteiger partial charge in [0.25, 0.3) is 0 Å². The summed E-state index contributed by atoms with van der Waals surface area (Å²) in [5, 5.41) is 15.6. The zero-order chi connectivity index (χ0) is 16.1. The van der Waals surface area contributed by atoms with Gasteiger partial charge in [-0.3, -0.25) is 4.79 Å². The van der Waals surface area contributed by atoms with Gasteiger partial charge >= 0.3 is 0 Å². The normalized spacial score (nSPS) is 16.9. The Morgan fingerprint density at radius 3 is 2.70 bits per heavy atom. The Labute approximate surface area is 144 Å². The molecule has 0 aliphatic carbocycles. The highest BCUT2D eigenvalue weighted by Crippen LogP contribution is 2.27. The van der Waals surface area contributed by atoms with Crippen molar-refractivity contribution in [2.45, 2.75) is 24.8 Å². The van der Waals surface area contributed by atoms with Crippen LogP contribution in [0.3, 0.4) is 0 Å². The predicted molar refractivity (Wildman–Crippen MR) is 95.8 cm³/mol. The minimum Gasteiger partial charge on any atom is -0.394 e. The van der Waals surface area contributed by atoms with Crippen LogP contribution in [0.5, 0.6) is 0 Å². The molecule has 0 saturated carbocycles. The molecule has 1 aromatic carbocycles. The number of thioether (sulfide) groups is 1. The van der Waals surface area contributed by atoms with Gasteiger partial charge < -0.3 is 10.4 Å². The van der Waals surface area contributed by atoms with E-state index in [1.54, 1.807) is 11.3 Å². The molecule has 23 heavy (non-hydrogen) atoms. The van der Waals surface area contributed by atoms with Crippen LogP contribution in [0.4, 0.5) is 0 Å². The number of aromatic nitrogens is 1. The van der Waals surface area contributed by atoms with Gasteiger partial charge in [0.15, 0.2) is 0 Å². The second-order valence-corrected chi connectivity index (χ2v) is 7.87. The first kappa shape index (κ1) is 16.5. The minimum atomic E-state index is -0.444. The Balaban J connectivity index is 1.63. The van der Waals surface area contributed by atoms with Crippen LogP contribution in [-0.2, 0) is 11.2 Å². The smallest absolute Gasteiger partial charge is 0.226 e. The molecule has 1 aliphatic heterocycles. The summed E-state index contributed by atoms with van der Waals surface area (Å²) in [5.74, 6) is 1.90. The van der Waals surface area contributed by atoms with Crippen molar-refractivity contribution in [3.63, 3.8) is 0 Å². The van der Waals surface area contributed by atoms with Crippen LogP contribution in [0.1, 0.15) is 18.5 Å². The first-order chi connectivity index (χ1) is 11.2. The van der Waals surface area contributed by atoms with Crippen molar-refractivity contribution in [2.24, 2.45) is 0 Å². The van der Waals surface area contributed by atoms with Crippen molar-refractivity contribution >= 4 is 29.0 Å². The van der Waals surface area contributed by atoms with Gasteiger partial charge in [-0.2, -0.15) is 11.8 Å². The maximum absolute atomic E-state index is 12.3. The maximum Gasteiger partial charge on any atom is 0.226 e. The molecule has 1 aromatic heterocycles. The van der Waals surface area contributed by atoms with Crippen LogP contribution in [-0.4, -0.2) is 39.6 Å². The monoisotopic (exact) mass is 348 g/mol. The highest BCUT2D eigenvalue weighted by Gasteiger charge is 2.33. The zero-order valence-electron chi connectivity index (χ0n) is 12.8. The van der Waals surface area contributed by atoms with Crippen LogP contribution >= 0.6 is 23.1 Å². The Morgan fingerprint density at radius 2 is 2.00 bits per heavy atom. The zero-order valence-corrected chi connectivity index (χ0v) is 14.5. The van der Waals surface area contributed by atoms with Gasteiger partial charge in [0.2, 0.25) is 5.91 Å². The van der Waals surface area contributed by atoms with E-state index >= 15 is 0 Å². The van der Waals surface area contributed by atoms with E-state index in [4.69, 9.17) is 0 Å². The highest BCUT2D eigenvalue weighted by atomic mass is 32.2. The van der Waals surface area contributed by atoms with E-state index in [9.17, 15) is 9.90 Å². The van der Waals surface area contributed by atoms with Gasteiger partial charge in [0.1, 0.15) is 5.01 Å². The number of aliphatic hydroxyl groups is 1. The summed E-state index contributed by atoms with van der Waals surface area (Å²) in [5.41, 5.74) is 1.41. The molecule has 4 nitrogen and oxygen atoms in total. The second-order valence-electron chi connectivity index (χ2n) is 5.79. The molecular weight excluding hydrogens is 328 g/mol. The van der Waals surface area contributed by atoms with E-state index in [-0.39, 0.29) is 18.9 Å². The van der Waals surface area contributed by atoms with Gasteiger partial charge in [0, 0.05) is 10.9 Å². The molecular formula is C17H20N2O2S2. The molecule has 1 amide bonds. The summed E-state index contributed by atoms with van der Waals surface area (Å²) in [7, 11) is 0. The van der Waals surface area contributed by atoms with E-state index in [1.165, 1.54) is 0 Å². The fraction of sp³-hybridized carbons (Fsp3) is 0.412. The molecule has 6 heteroatoms. The first-order valence-electron chi connectivity index (χ1n) is 7.70. The fourth-order valence-corrected chi connectivity index (χ4v) is 4.79. The number of thiazole rings is 1. The number of nitrogens with one attached hydrogen (secondary N) is 1. The van der Waals surface area contributed by atoms with Gasteiger partial charge in [-0.25, -0.2) is 4.98 Å². The molecule has 0 spiro atoms. The Kier molecular flexibility index (Phi) is 5.35. The summed E-state index contributed by atoms with van der Waals surface area (Å²) < 4.78 is 0. The molecule has 0 radical (unpaired) electrons. The number of benzene rings is 1. The fourth-order valence-electron chi connectivity index (χ4n) is 2.69. The summed E-state index contributed by atoms with van der Waals surface area (Å²) in [6.45, 7) is 0.00559. The van der Waals surface area contributed by atoms with Crippen molar-refractivity contribution in [2.75, 3.05) is 18.1 Å². The number of hydrogen-bond donors (Lipinski definition) is 2. The van der Waals surface area contributed by atoms with Gasteiger partial charge in [-0.15, -0.1) is 11.3 Å². The molecule has 0 bridgehead atoms. The SMILES string of the molecule is O=C(Cc1csc(-c2ccccc2)n1)NC1(CO)CCSCC1. The lowest BCUT2D eigenvalue weighted by Gasteiger charge is -2.36. The second kappa shape index (κ2) is 7.47. The molecule has 2 N–H and O–H groups in total. The number of aliphatic hydroxyl groups excluding tert-OH is 1. The third kappa shape index (κ3) is 4.13. The average molecular weight is 348 g/mol. The number of carbonyl (C=O) groups is 1. The Hall–Kier alpha value is -1.37. The molecule has 0 unspecified atom stereocenters. The molecule has 1 fully saturated rings. The topological polar surface area (TPSA) is 62.2 Å². The third-order valence-electron chi connectivity index (χ3n) is 4.07. The van der Waals surface area contributed by atoms with Crippen LogP contribution in [0.15, 0.2) is 35.7 Å². The standard InChI is InChI=1S/C17H20N2O2S2/c20-12-17(6-8-22-9-7-17)19-15(21)10-14-11-23-16(18-14)13-4-2-1-3-5-13/h1-5,11,20H,6-10,12H2,(H,19,21). The largest absolute Gasteiger partial charge is 0.394 e. The highest BCUT2D eigenvalue weighted by molar-refractivity contribution is 7.99. The van der Waals surface area contributed by atoms with Crippen LogP contribution in [0.25, 0.3) is 10.6 Å². The lowest BCUT2D eigenvalue weighted by Crippen LogP contribution is -2.54. The quantitative estimate of drug-likeness (QED) is 0.872. The number of rotatable bonds is 5. The predicted octanol–water partition coefficient (Wildman–Crippen LogP) is 2.73. The van der Waals surface area contributed by atoms with Crippen LogP contribution < -0.4 is 5.32 Å². The molecule has 1 saturated heterocycles. The summed E-state index contributed by atoms with van der Waals surface area (Å²) in [6.07, 6.45) is 1.91. The molecule has 1 aliphatic rings. The number of hydrogen-bond acceptors (Lipinski definition) is 5. The molecule has 122 valence electrons. The van der Waals surface area contributed by atoms with E-state index in [1.807, 2.05) is 47.5 Å². The van der Waals surface area contributed by atoms with Gasteiger partial charge in [-0.05, 0) is 24.3 Å². The number of amides is 1. The lowest BCUT2D eigenvalue weighted by atomic mass is 9.93. The number of carbonyl (C=O) groups excluding carboxylic acids is 1. The number of nitrogens with zero attached hydrogens (tertiary/aromatic N) is 1. The molecule has 3 rings (SSSR count). The van der Waals surface area contributed by atoms with E-state index in [0.29, 0.717) is 0 Å². The summed E-state index contributed by atoms with van der Waals surface area (Å²) in [4.78, 5) is 16.9. The van der Waals surface area contributed by atoms with Crippen LogP contribution in [0.2, 0.25) is 0 Å². The van der Waals surface area contributed by atoms with Crippen molar-refractivity contribution in [1.82, 2.24) is 10.3 Å². The molecule has 2 heterocycles. The maximum atomic E-state index is 12.3. The Bertz CT molecular complexity index is 652. The van der Waals surface area contributed by atoms with Crippen LogP contribution in [0, 0.1) is 0 Å². The van der Waals surface area contributed by atoms with Crippen molar-refractivity contribution in [3.8, 4) is 10.6 Å². The van der Waals surface area contributed by atoms with Crippen molar-refractivity contribution in [3.05, 3.63) is 41.4 Å². The lowest BCUT2D eigenvalue weighted by molar-refractivity contribution is -0.123. The van der Waals surface area contributed by atoms with Crippen molar-refractivity contribution in [1.29, 1.82) is 0 Å². The molecule has 0 atom stereocenters. The third-order valence-corrected chi connectivity index (χ3v) is 6.00. The molecule has 2 aromatic rings. The summed E-state index contributed by atoms with van der Waals surface area (Å²) >= 11 is 3.42.